The van der Waals surface area contributed by atoms with Gasteiger partial charge in [0, 0.05) is 13.6 Å². The molecule has 1 N–H and O–H groups in total. The maximum Gasteiger partial charge on any atom is 4.00 e. The topological polar surface area (TPSA) is 50.9 Å². The van der Waals surface area contributed by atoms with Crippen molar-refractivity contribution in [2.75, 3.05) is 5.32 Å². The minimum atomic E-state index is -0.876. The van der Waals surface area contributed by atoms with Crippen LogP contribution in [0.2, 0.25) is 0 Å². The molecule has 560 valence electrons. The van der Waals surface area contributed by atoms with E-state index in [0.29, 0.717) is 13.1 Å². The van der Waals surface area contributed by atoms with Crippen molar-refractivity contribution in [2.24, 2.45) is 9.98 Å². The van der Waals surface area contributed by atoms with Gasteiger partial charge in [-0.3, -0.25) is 4.99 Å². The fourth-order valence-electron chi connectivity index (χ4n) is 10.5. The Labute approximate surface area is 718 Å². The molecule has 0 aliphatic heterocycles. The van der Waals surface area contributed by atoms with Crippen LogP contribution in [0.25, 0.3) is 5.32 Å². The summed E-state index contributed by atoms with van der Waals surface area (Å²) in [4.78, 5) is 10.4. The number of aliphatic imine (C=N–C) groups is 2. The van der Waals surface area contributed by atoms with E-state index in [2.05, 4.69) is 288 Å². The van der Waals surface area contributed by atoms with Crippen LogP contribution in [0.5, 0.6) is 0 Å². The standard InChI is InChI=1S/C28H27N2P.C28H26N2P.7C7H7.Hf.Zr/c2*1-22-13-12-14-23(2)27(22)30-28(29-21-24-15-6-3-7-16-24)31(25-17-8-4-9-18-25)26-19-10-5-11-20-26;7*1-7-5-3-2-4-6-7;;/h3-20H,21H2,1-2H3,(H,29,30);3-20H,21H2,1-2H3;7*2-6H,1H2;;/q;8*-1;2*+4. The van der Waals surface area contributed by atoms with Crippen LogP contribution in [-0.2, 0) is 65.1 Å². The Morgan fingerprint density at radius 3 is 0.743 bits per heavy atom. The van der Waals surface area contributed by atoms with E-state index in [1.165, 1.54) is 54.6 Å². The van der Waals surface area contributed by atoms with E-state index in [-0.39, 0.29) is 52.0 Å². The van der Waals surface area contributed by atoms with Crippen LogP contribution in [0.1, 0.15) is 72.3 Å². The molecule has 15 aromatic rings. The van der Waals surface area contributed by atoms with Crippen molar-refractivity contribution in [3.63, 3.8) is 0 Å². The van der Waals surface area contributed by atoms with Crippen LogP contribution in [0, 0.1) is 76.2 Å². The Balaban J connectivity index is 0.000000252. The molecule has 0 fully saturated rings. The molecule has 0 aliphatic rings. The van der Waals surface area contributed by atoms with Crippen LogP contribution in [0.15, 0.2) is 441 Å². The molecule has 0 heterocycles. The molecule has 8 heteroatoms. The minimum Gasteiger partial charge on any atom is -0.460 e. The summed E-state index contributed by atoms with van der Waals surface area (Å²) in [7, 11) is -1.70. The third-order valence-electron chi connectivity index (χ3n) is 16.2. The molecular weight excluding hydrogens is 1650 g/mol. The van der Waals surface area contributed by atoms with E-state index < -0.39 is 15.8 Å². The van der Waals surface area contributed by atoms with Gasteiger partial charge < -0.3 is 15.6 Å². The first kappa shape index (κ1) is 92.5. The largest absolute Gasteiger partial charge is 4.00 e. The van der Waals surface area contributed by atoms with Gasteiger partial charge in [-0.15, -0.1) is 84.9 Å². The van der Waals surface area contributed by atoms with Crippen molar-refractivity contribution < 1.29 is 52.0 Å². The quantitative estimate of drug-likeness (QED) is 0.0428. The SMILES string of the molecule is Cc1cccc(C)c1N=C([N-]Cc1ccccc1)P(c1ccccc1)c1ccccc1.Cc1cccc(C)c1NC(=NCc1ccccc1)P(c1ccccc1)c1ccccc1.[CH2-]c1ccccc1.[CH2-]c1ccccc1.[CH2-]c1ccccc1.[CH2-]c1ccccc1.[CH2-]c1ccccc1.[CH2-]c1ccccc1.[CH2-]c1ccccc1.[Hf+4].[Zr+4]. The number of rotatable bonds is 12. The summed E-state index contributed by atoms with van der Waals surface area (Å²) in [5.41, 5.74) is 18.8. The molecule has 113 heavy (non-hydrogen) atoms. The number of hydrogen-bond donors (Lipinski definition) is 1. The first-order valence-corrected chi connectivity index (χ1v) is 39.6. The summed E-state index contributed by atoms with van der Waals surface area (Å²) in [6, 6.07) is 145. The monoisotopic (exact) mass is 1750 g/mol. The second-order valence-electron chi connectivity index (χ2n) is 25.4. The smallest absolute Gasteiger partial charge is 0.460 e. The predicted octanol–water partition coefficient (Wildman–Crippen LogP) is 26.5. The van der Waals surface area contributed by atoms with E-state index in [4.69, 9.17) is 15.3 Å². The fourth-order valence-corrected chi connectivity index (χ4v) is 14.7. The van der Waals surface area contributed by atoms with Gasteiger partial charge in [0.15, 0.2) is 0 Å². The summed E-state index contributed by atoms with van der Waals surface area (Å²) in [6.07, 6.45) is 0. The number of benzene rings is 15. The summed E-state index contributed by atoms with van der Waals surface area (Å²) in [5.74, 6) is 0. The molecule has 0 unspecified atom stereocenters. The molecule has 4 nitrogen and oxygen atoms in total. The zero-order valence-electron chi connectivity index (χ0n) is 65.6. The van der Waals surface area contributed by atoms with Crippen LogP contribution < -0.4 is 26.5 Å². The number of hydrogen-bond acceptors (Lipinski definition) is 2. The van der Waals surface area contributed by atoms with E-state index in [1.807, 2.05) is 224 Å². The zero-order valence-corrected chi connectivity index (χ0v) is 73.4. The molecule has 15 aromatic carbocycles. The maximum atomic E-state index is 5.20. The van der Waals surface area contributed by atoms with Crippen molar-refractivity contribution in [3.05, 3.63) is 557 Å². The number of anilines is 1. The van der Waals surface area contributed by atoms with E-state index in [1.54, 1.807) is 0 Å². The molecule has 0 radical (unpaired) electrons. The molecule has 15 rings (SSSR count). The molecule has 0 bridgehead atoms. The third-order valence-corrected chi connectivity index (χ3v) is 20.8. The third kappa shape index (κ3) is 37.2. The molecule has 0 spiro atoms. The Morgan fingerprint density at radius 2 is 0.496 bits per heavy atom. The van der Waals surface area contributed by atoms with Gasteiger partial charge in [-0.05, 0) is 102 Å². The predicted molar refractivity (Wildman–Crippen MR) is 488 cm³/mol. The van der Waals surface area contributed by atoms with Crippen molar-refractivity contribution >= 4 is 59.6 Å². The Kier molecular flexibility index (Phi) is 45.3. The Bertz CT molecular complexity index is 4460. The van der Waals surface area contributed by atoms with Crippen LogP contribution in [-0.4, -0.2) is 11.2 Å². The average Bonchev–Trinajstić information content (AvgIpc) is 0.813. The van der Waals surface area contributed by atoms with Gasteiger partial charge in [-0.2, -0.15) is 172 Å². The molecule has 0 aliphatic carbocycles. The zero-order chi connectivity index (χ0) is 78.7. The van der Waals surface area contributed by atoms with Gasteiger partial charge in [-0.25, -0.2) is 0 Å². The van der Waals surface area contributed by atoms with Crippen molar-refractivity contribution in [3.8, 4) is 0 Å². The van der Waals surface area contributed by atoms with Crippen molar-refractivity contribution in [2.45, 2.75) is 40.8 Å². The summed E-state index contributed by atoms with van der Waals surface area (Å²) >= 11 is 0. The van der Waals surface area contributed by atoms with Gasteiger partial charge in [0.1, 0.15) is 5.58 Å². The minimum absolute atomic E-state index is 0. The Hall–Kier alpha value is -11.1. The number of nitrogens with zero attached hydrogens (tertiary/aromatic N) is 3. The first-order valence-electron chi connectivity index (χ1n) is 36.9. The van der Waals surface area contributed by atoms with Gasteiger partial charge in [0.2, 0.25) is 0 Å². The molecule has 0 saturated heterocycles. The van der Waals surface area contributed by atoms with E-state index in [9.17, 15) is 0 Å². The van der Waals surface area contributed by atoms with Crippen molar-refractivity contribution in [1.29, 1.82) is 0 Å². The number of aryl methyl sites for hydroxylation is 4. The van der Waals surface area contributed by atoms with Gasteiger partial charge in [0.05, 0.1) is 6.54 Å². The van der Waals surface area contributed by atoms with Crippen LogP contribution >= 0.6 is 15.8 Å². The number of nitrogens with one attached hydrogen (secondary N) is 1. The van der Waals surface area contributed by atoms with Crippen molar-refractivity contribution in [1.82, 2.24) is 0 Å². The average molecular weight is 1750 g/mol. The maximum absolute atomic E-state index is 5.20. The summed E-state index contributed by atoms with van der Waals surface area (Å²) in [5, 5.41) is 13.9. The fraction of sp³-hybridized carbons (Fsp3) is 0.0571. The first-order chi connectivity index (χ1) is 54.2. The molecule has 0 aromatic heterocycles. The normalized spacial score (nSPS) is 10.0. The second-order valence-corrected chi connectivity index (χ2v) is 29.6. The molecule has 0 amide bonds. The van der Waals surface area contributed by atoms with Crippen LogP contribution in [0.3, 0.4) is 0 Å². The van der Waals surface area contributed by atoms with Gasteiger partial charge in [-0.1, -0.05) is 266 Å². The summed E-state index contributed by atoms with van der Waals surface area (Å²) < 4.78 is 0. The summed E-state index contributed by atoms with van der Waals surface area (Å²) in [6.45, 7) is 35.8. The molecule has 0 atom stereocenters. The molecule has 0 saturated carbocycles. The number of para-hydroxylation sites is 2. The van der Waals surface area contributed by atoms with E-state index >= 15 is 0 Å². The second kappa shape index (κ2) is 55.4. The molecular formula is C105H102HfN4P2Zr. The van der Waals surface area contributed by atoms with Gasteiger partial charge in [0.25, 0.3) is 0 Å². The Morgan fingerprint density at radius 1 is 0.274 bits per heavy atom. The number of amidine groups is 2. The van der Waals surface area contributed by atoms with Crippen LogP contribution in [0.4, 0.5) is 11.4 Å². The van der Waals surface area contributed by atoms with E-state index in [0.717, 1.165) is 61.5 Å². The van der Waals surface area contributed by atoms with Gasteiger partial charge >= 0.3 is 52.0 Å².